The van der Waals surface area contributed by atoms with Gasteiger partial charge in [-0.3, -0.25) is 0 Å². The second-order valence-electron chi connectivity index (χ2n) is 7.43. The van der Waals surface area contributed by atoms with E-state index in [0.717, 1.165) is 25.8 Å². The molecule has 0 bridgehead atoms. The predicted molar refractivity (Wildman–Crippen MR) is 82.3 cm³/mol. The number of nitrogens with two attached hydrogens (primary N) is 1. The SMILES string of the molecule is CC1(C)CC(CCN)(c2ccccc2)CC(C)(C)N1. The third-order valence-corrected chi connectivity index (χ3v) is 4.25. The van der Waals surface area contributed by atoms with Crippen LogP contribution in [0.15, 0.2) is 30.3 Å². The highest BCUT2D eigenvalue weighted by atomic mass is 15.1. The van der Waals surface area contributed by atoms with Crippen LogP contribution in [0, 0.1) is 0 Å². The van der Waals surface area contributed by atoms with Crippen LogP contribution in [0.3, 0.4) is 0 Å². The predicted octanol–water partition coefficient (Wildman–Crippen LogP) is 3.21. The lowest BCUT2D eigenvalue weighted by atomic mass is 9.61. The molecule has 1 aliphatic rings. The first kappa shape index (κ1) is 14.5. The van der Waals surface area contributed by atoms with Crippen molar-refractivity contribution in [3.05, 3.63) is 35.9 Å². The molecule has 0 spiro atoms. The molecule has 0 aromatic heterocycles. The van der Waals surface area contributed by atoms with Gasteiger partial charge >= 0.3 is 0 Å². The smallest absolute Gasteiger partial charge is 0.0138 e. The number of rotatable bonds is 3. The highest BCUT2D eigenvalue weighted by Gasteiger charge is 2.47. The first-order valence-electron chi connectivity index (χ1n) is 7.34. The van der Waals surface area contributed by atoms with Crippen LogP contribution in [0.5, 0.6) is 0 Å². The van der Waals surface area contributed by atoms with Crippen LogP contribution in [0.1, 0.15) is 52.5 Å². The maximum atomic E-state index is 5.94. The van der Waals surface area contributed by atoms with Crippen molar-refractivity contribution in [3.63, 3.8) is 0 Å². The Bertz CT molecular complexity index is 404. The zero-order valence-electron chi connectivity index (χ0n) is 12.8. The first-order valence-corrected chi connectivity index (χ1v) is 7.34. The molecule has 2 rings (SSSR count). The van der Waals surface area contributed by atoms with Gasteiger partial charge in [0.25, 0.3) is 0 Å². The zero-order valence-corrected chi connectivity index (χ0v) is 12.8. The quantitative estimate of drug-likeness (QED) is 0.876. The van der Waals surface area contributed by atoms with E-state index in [0.29, 0.717) is 0 Å². The summed E-state index contributed by atoms with van der Waals surface area (Å²) in [5, 5.41) is 3.77. The molecule has 2 nitrogen and oxygen atoms in total. The molecule has 1 heterocycles. The molecule has 0 aliphatic carbocycles. The summed E-state index contributed by atoms with van der Waals surface area (Å²) in [7, 11) is 0. The van der Waals surface area contributed by atoms with Crippen molar-refractivity contribution in [2.75, 3.05) is 6.54 Å². The molecule has 0 saturated carbocycles. The average Bonchev–Trinajstić information content (AvgIpc) is 2.26. The molecule has 1 aromatic carbocycles. The lowest BCUT2D eigenvalue weighted by molar-refractivity contribution is 0.0963. The lowest BCUT2D eigenvalue weighted by Gasteiger charge is -2.53. The Hall–Kier alpha value is -0.860. The summed E-state index contributed by atoms with van der Waals surface area (Å²) < 4.78 is 0. The summed E-state index contributed by atoms with van der Waals surface area (Å²) in [5.74, 6) is 0. The molecule has 2 heteroatoms. The standard InChI is InChI=1S/C17H28N2/c1-15(2)12-17(10-11-18,13-16(3,4)19-15)14-8-6-5-7-9-14/h5-9,19H,10-13,18H2,1-4H3. The number of piperidine rings is 1. The monoisotopic (exact) mass is 260 g/mol. The first-order chi connectivity index (χ1) is 8.79. The van der Waals surface area contributed by atoms with E-state index in [1.165, 1.54) is 5.56 Å². The Balaban J connectivity index is 2.44. The second kappa shape index (κ2) is 4.92. The van der Waals surface area contributed by atoms with Crippen molar-refractivity contribution in [2.45, 2.75) is 63.5 Å². The van der Waals surface area contributed by atoms with Crippen molar-refractivity contribution < 1.29 is 0 Å². The van der Waals surface area contributed by atoms with Gasteiger partial charge in [0, 0.05) is 11.1 Å². The molecular formula is C17H28N2. The van der Waals surface area contributed by atoms with Crippen molar-refractivity contribution in [3.8, 4) is 0 Å². The van der Waals surface area contributed by atoms with Gasteiger partial charge in [-0.1, -0.05) is 30.3 Å². The summed E-state index contributed by atoms with van der Waals surface area (Å²) in [5.41, 5.74) is 7.88. The highest BCUT2D eigenvalue weighted by molar-refractivity contribution is 5.29. The number of benzene rings is 1. The van der Waals surface area contributed by atoms with Gasteiger partial charge in [-0.05, 0) is 64.5 Å². The summed E-state index contributed by atoms with van der Waals surface area (Å²) in [6, 6.07) is 10.9. The van der Waals surface area contributed by atoms with Crippen LogP contribution in [0.4, 0.5) is 0 Å². The highest BCUT2D eigenvalue weighted by Crippen LogP contribution is 2.46. The van der Waals surface area contributed by atoms with Crippen molar-refractivity contribution in [1.29, 1.82) is 0 Å². The van der Waals surface area contributed by atoms with Gasteiger partial charge in [0.15, 0.2) is 0 Å². The van der Waals surface area contributed by atoms with Gasteiger partial charge in [0.2, 0.25) is 0 Å². The minimum absolute atomic E-state index is 0.146. The lowest BCUT2D eigenvalue weighted by Crippen LogP contribution is -2.62. The van der Waals surface area contributed by atoms with Gasteiger partial charge in [-0.15, -0.1) is 0 Å². The Morgan fingerprint density at radius 3 is 2.00 bits per heavy atom. The Kier molecular flexibility index (Phi) is 3.76. The van der Waals surface area contributed by atoms with E-state index in [1.54, 1.807) is 0 Å². The Labute approximate surface area is 117 Å². The molecular weight excluding hydrogens is 232 g/mol. The van der Waals surface area contributed by atoms with E-state index in [9.17, 15) is 0 Å². The van der Waals surface area contributed by atoms with E-state index in [4.69, 9.17) is 5.73 Å². The summed E-state index contributed by atoms with van der Waals surface area (Å²) in [6.07, 6.45) is 3.35. The minimum Gasteiger partial charge on any atom is -0.330 e. The number of nitrogens with one attached hydrogen (secondary N) is 1. The molecule has 1 fully saturated rings. The molecule has 0 unspecified atom stereocenters. The normalized spacial score (nSPS) is 24.1. The van der Waals surface area contributed by atoms with Crippen LogP contribution in [-0.4, -0.2) is 17.6 Å². The molecule has 106 valence electrons. The third kappa shape index (κ3) is 3.18. The maximum absolute atomic E-state index is 5.94. The Morgan fingerprint density at radius 1 is 1.00 bits per heavy atom. The summed E-state index contributed by atoms with van der Waals surface area (Å²) in [6.45, 7) is 9.98. The fourth-order valence-corrected chi connectivity index (χ4v) is 4.35. The fourth-order valence-electron chi connectivity index (χ4n) is 4.35. The van der Waals surface area contributed by atoms with Crippen LogP contribution < -0.4 is 11.1 Å². The molecule has 19 heavy (non-hydrogen) atoms. The topological polar surface area (TPSA) is 38.0 Å². The second-order valence-corrected chi connectivity index (χ2v) is 7.43. The van der Waals surface area contributed by atoms with Crippen molar-refractivity contribution in [2.24, 2.45) is 5.73 Å². The van der Waals surface area contributed by atoms with E-state index in [1.807, 2.05) is 0 Å². The average molecular weight is 260 g/mol. The van der Waals surface area contributed by atoms with Crippen LogP contribution in [0.2, 0.25) is 0 Å². The van der Waals surface area contributed by atoms with E-state index < -0.39 is 0 Å². The number of hydrogen-bond donors (Lipinski definition) is 2. The van der Waals surface area contributed by atoms with Crippen LogP contribution >= 0.6 is 0 Å². The molecule has 0 radical (unpaired) electrons. The molecule has 0 amide bonds. The van der Waals surface area contributed by atoms with Crippen molar-refractivity contribution in [1.82, 2.24) is 5.32 Å². The fraction of sp³-hybridized carbons (Fsp3) is 0.647. The largest absolute Gasteiger partial charge is 0.330 e. The summed E-state index contributed by atoms with van der Waals surface area (Å²) >= 11 is 0. The van der Waals surface area contributed by atoms with E-state index >= 15 is 0 Å². The van der Waals surface area contributed by atoms with Gasteiger partial charge in [0.1, 0.15) is 0 Å². The number of hydrogen-bond acceptors (Lipinski definition) is 2. The Morgan fingerprint density at radius 2 is 1.53 bits per heavy atom. The van der Waals surface area contributed by atoms with E-state index in [-0.39, 0.29) is 16.5 Å². The third-order valence-electron chi connectivity index (χ3n) is 4.25. The molecule has 1 aliphatic heterocycles. The molecule has 1 saturated heterocycles. The maximum Gasteiger partial charge on any atom is 0.0138 e. The van der Waals surface area contributed by atoms with Crippen molar-refractivity contribution >= 4 is 0 Å². The molecule has 3 N–H and O–H groups in total. The minimum atomic E-state index is 0.146. The molecule has 0 atom stereocenters. The van der Waals surface area contributed by atoms with Crippen LogP contribution in [-0.2, 0) is 5.41 Å². The zero-order chi connectivity index (χ0) is 14.1. The summed E-state index contributed by atoms with van der Waals surface area (Å²) in [4.78, 5) is 0. The van der Waals surface area contributed by atoms with Gasteiger partial charge in [-0.25, -0.2) is 0 Å². The molecule has 1 aromatic rings. The van der Waals surface area contributed by atoms with Gasteiger partial charge < -0.3 is 11.1 Å². The van der Waals surface area contributed by atoms with Gasteiger partial charge in [-0.2, -0.15) is 0 Å². The van der Waals surface area contributed by atoms with E-state index in [2.05, 4.69) is 63.3 Å². The van der Waals surface area contributed by atoms with Crippen LogP contribution in [0.25, 0.3) is 0 Å². The van der Waals surface area contributed by atoms with Gasteiger partial charge in [0.05, 0.1) is 0 Å².